The number of ketones is 1. The van der Waals surface area contributed by atoms with Crippen molar-refractivity contribution >= 4 is 11.4 Å². The molecule has 0 aliphatic heterocycles. The highest BCUT2D eigenvalue weighted by Crippen LogP contribution is 2.39. The molecule has 5 aromatic heterocycles. The lowest BCUT2D eigenvalue weighted by atomic mass is 10.1. The molecule has 6 aromatic rings. The lowest BCUT2D eigenvalue weighted by molar-refractivity contribution is 0.0991. The molecule has 7 rings (SSSR count). The number of pyridine rings is 1. The van der Waals surface area contributed by atoms with E-state index in [4.69, 9.17) is 5.10 Å². The summed E-state index contributed by atoms with van der Waals surface area (Å²) in [6.45, 7) is 0.495. The van der Waals surface area contributed by atoms with Gasteiger partial charge < -0.3 is 4.57 Å². The highest BCUT2D eigenvalue weighted by molar-refractivity contribution is 5.97. The number of hydrogen-bond acceptors (Lipinski definition) is 6. The number of imidazole rings is 2. The summed E-state index contributed by atoms with van der Waals surface area (Å²) in [5.74, 6) is -0.776. The highest BCUT2D eigenvalue weighted by Gasteiger charge is 2.26. The molecule has 1 aromatic carbocycles. The number of halogens is 2. The molecule has 0 amide bonds. The second-order valence-corrected chi connectivity index (χ2v) is 9.89. The van der Waals surface area contributed by atoms with Crippen LogP contribution in [0.15, 0.2) is 73.3 Å². The number of nitrogens with zero attached hydrogens (tertiary/aromatic N) is 7. The molecule has 198 valence electrons. The minimum atomic E-state index is -0.709. The second kappa shape index (κ2) is 9.60. The van der Waals surface area contributed by atoms with E-state index < -0.39 is 5.95 Å². The van der Waals surface area contributed by atoms with Crippen LogP contribution in [0.25, 0.3) is 28.3 Å². The van der Waals surface area contributed by atoms with Crippen molar-refractivity contribution in [3.8, 4) is 22.6 Å². The van der Waals surface area contributed by atoms with Gasteiger partial charge in [0, 0.05) is 29.3 Å². The van der Waals surface area contributed by atoms with E-state index in [1.54, 1.807) is 29.2 Å². The van der Waals surface area contributed by atoms with Gasteiger partial charge in [0.1, 0.15) is 11.5 Å². The van der Waals surface area contributed by atoms with Gasteiger partial charge >= 0.3 is 0 Å². The fourth-order valence-electron chi connectivity index (χ4n) is 4.81. The van der Waals surface area contributed by atoms with Gasteiger partial charge in [-0.2, -0.15) is 14.6 Å². The predicted octanol–water partition coefficient (Wildman–Crippen LogP) is 5.01. The van der Waals surface area contributed by atoms with E-state index in [1.165, 1.54) is 24.4 Å². The Labute approximate surface area is 226 Å². The van der Waals surface area contributed by atoms with Crippen molar-refractivity contribution in [2.24, 2.45) is 0 Å². The van der Waals surface area contributed by atoms with Gasteiger partial charge in [-0.15, -0.1) is 0 Å². The summed E-state index contributed by atoms with van der Waals surface area (Å²) in [5, 5.41) is 12.4. The summed E-state index contributed by atoms with van der Waals surface area (Å²) >= 11 is 0. The van der Waals surface area contributed by atoms with Crippen LogP contribution in [0.5, 0.6) is 0 Å². The number of carbonyl (C=O) groups excluding carboxylic acids is 1. The van der Waals surface area contributed by atoms with Crippen molar-refractivity contribution in [2.75, 3.05) is 0 Å². The van der Waals surface area contributed by atoms with Gasteiger partial charge in [0.2, 0.25) is 5.95 Å². The largest absolute Gasteiger partial charge is 0.323 e. The summed E-state index contributed by atoms with van der Waals surface area (Å²) in [5.41, 5.74) is 6.09. The van der Waals surface area contributed by atoms with Crippen molar-refractivity contribution < 1.29 is 13.6 Å². The number of hydrogen-bond donors (Lipinski definition) is 1. The summed E-state index contributed by atoms with van der Waals surface area (Å²) < 4.78 is 30.7. The smallest absolute Gasteiger partial charge is 0.213 e. The van der Waals surface area contributed by atoms with Crippen LogP contribution in [0.2, 0.25) is 0 Å². The van der Waals surface area contributed by atoms with E-state index in [0.29, 0.717) is 35.2 Å². The molecule has 1 N–H and O–H groups in total. The number of H-pyrrole nitrogens is 1. The Morgan fingerprint density at radius 3 is 2.67 bits per heavy atom. The van der Waals surface area contributed by atoms with Crippen molar-refractivity contribution in [3.05, 3.63) is 108 Å². The van der Waals surface area contributed by atoms with Gasteiger partial charge in [0.25, 0.3) is 0 Å². The monoisotopic (exact) mass is 536 g/mol. The third-order valence-electron chi connectivity index (χ3n) is 6.95. The molecular weight excluding hydrogens is 514 g/mol. The van der Waals surface area contributed by atoms with Crippen LogP contribution in [0.1, 0.15) is 46.2 Å². The number of benzene rings is 1. The topological polar surface area (TPSA) is 107 Å². The van der Waals surface area contributed by atoms with E-state index in [9.17, 15) is 13.6 Å². The fraction of sp³-hybridized carbons (Fsp3) is 0.172. The number of fused-ring (bicyclic) bond motifs is 1. The molecule has 11 heteroatoms. The minimum absolute atomic E-state index is 0.00986. The van der Waals surface area contributed by atoms with Crippen LogP contribution in [0.3, 0.4) is 0 Å². The van der Waals surface area contributed by atoms with Crippen LogP contribution >= 0.6 is 0 Å². The number of Topliss-reactive ketones (excluding diaryl/α,β-unsaturated/α-hetero) is 1. The van der Waals surface area contributed by atoms with Gasteiger partial charge in [-0.25, -0.2) is 23.9 Å². The first-order chi connectivity index (χ1) is 19.5. The summed E-state index contributed by atoms with van der Waals surface area (Å²) in [6.07, 6.45) is 7.00. The fourth-order valence-corrected chi connectivity index (χ4v) is 4.81. The molecule has 40 heavy (non-hydrogen) atoms. The molecular formula is C29H22F2N8O. The maximum absolute atomic E-state index is 13.7. The van der Waals surface area contributed by atoms with E-state index in [0.717, 1.165) is 41.6 Å². The molecule has 1 fully saturated rings. The van der Waals surface area contributed by atoms with Crippen LogP contribution in [-0.2, 0) is 13.0 Å². The average molecular weight is 537 g/mol. The first-order valence-electron chi connectivity index (χ1n) is 12.9. The zero-order valence-electron chi connectivity index (χ0n) is 21.1. The number of carbonyl (C=O) groups is 1. The summed E-state index contributed by atoms with van der Waals surface area (Å²) in [4.78, 5) is 25.4. The molecule has 0 unspecified atom stereocenters. The Balaban J connectivity index is 1.25. The van der Waals surface area contributed by atoms with Crippen molar-refractivity contribution in [3.63, 3.8) is 0 Å². The number of aromatic amines is 1. The van der Waals surface area contributed by atoms with E-state index in [-0.39, 0.29) is 23.6 Å². The van der Waals surface area contributed by atoms with Gasteiger partial charge in [0.05, 0.1) is 54.0 Å². The van der Waals surface area contributed by atoms with Gasteiger partial charge in [-0.05, 0) is 61.4 Å². The Morgan fingerprint density at radius 2 is 1.88 bits per heavy atom. The average Bonchev–Trinajstić information content (AvgIpc) is 3.35. The van der Waals surface area contributed by atoms with Crippen LogP contribution in [0, 0.1) is 11.8 Å². The third-order valence-corrected chi connectivity index (χ3v) is 6.95. The first-order valence-corrected chi connectivity index (χ1v) is 12.9. The normalized spacial score (nSPS) is 13.2. The number of aromatic nitrogens is 8. The molecule has 0 spiro atoms. The highest BCUT2D eigenvalue weighted by atomic mass is 19.1. The standard InChI is InChI=1S/C29H22F2N8O/c30-20-5-3-18(4-6-20)28-29(38(16-33-28)14-22-12-24(36-35-22)17-1-2-17)23-7-8-27-34-21(15-39(27)37-23)13-25(40)19-9-10-32-26(31)11-19/h3-12,15-17H,1-2,13-14H2,(H,35,36). The Hall–Kier alpha value is -5.06. The maximum Gasteiger partial charge on any atom is 0.213 e. The van der Waals surface area contributed by atoms with Crippen LogP contribution in [0.4, 0.5) is 8.78 Å². The number of nitrogens with one attached hydrogen (secondary N) is 1. The Morgan fingerprint density at radius 1 is 1.02 bits per heavy atom. The molecule has 0 atom stereocenters. The van der Waals surface area contributed by atoms with Gasteiger partial charge in [-0.1, -0.05) is 0 Å². The Bertz CT molecular complexity index is 1870. The lowest BCUT2D eigenvalue weighted by Gasteiger charge is -2.09. The minimum Gasteiger partial charge on any atom is -0.323 e. The van der Waals surface area contributed by atoms with Crippen molar-refractivity contribution in [1.82, 2.24) is 39.3 Å². The zero-order valence-corrected chi connectivity index (χ0v) is 21.1. The molecule has 1 aliphatic carbocycles. The van der Waals surface area contributed by atoms with Gasteiger partial charge in [0.15, 0.2) is 11.4 Å². The summed E-state index contributed by atoms with van der Waals surface area (Å²) in [7, 11) is 0. The third kappa shape index (κ3) is 4.66. The molecule has 0 radical (unpaired) electrons. The molecule has 0 bridgehead atoms. The molecule has 0 saturated heterocycles. The Kier molecular flexibility index (Phi) is 5.76. The molecule has 1 aliphatic rings. The van der Waals surface area contributed by atoms with Gasteiger partial charge in [-0.3, -0.25) is 9.89 Å². The van der Waals surface area contributed by atoms with E-state index >= 15 is 0 Å². The predicted molar refractivity (Wildman–Crippen MR) is 141 cm³/mol. The maximum atomic E-state index is 13.7. The second-order valence-electron chi connectivity index (χ2n) is 9.89. The molecule has 9 nitrogen and oxygen atoms in total. The summed E-state index contributed by atoms with van der Waals surface area (Å²) in [6, 6.07) is 14.5. The quantitative estimate of drug-likeness (QED) is 0.217. The zero-order chi connectivity index (χ0) is 27.2. The lowest BCUT2D eigenvalue weighted by Crippen LogP contribution is -2.05. The number of rotatable bonds is 8. The van der Waals surface area contributed by atoms with Crippen LogP contribution in [-0.4, -0.2) is 45.1 Å². The van der Waals surface area contributed by atoms with Crippen LogP contribution < -0.4 is 0 Å². The van der Waals surface area contributed by atoms with Crippen molar-refractivity contribution in [1.29, 1.82) is 0 Å². The molecule has 5 heterocycles. The first kappa shape index (κ1) is 24.0. The SMILES string of the molecule is O=C(Cc1cn2nc(-c3c(-c4ccc(F)cc4)ncn3Cc3cc(C4CC4)n[nH]3)ccc2n1)c1ccnc(F)c1. The van der Waals surface area contributed by atoms with E-state index in [2.05, 4.69) is 31.2 Å². The van der Waals surface area contributed by atoms with E-state index in [1.807, 2.05) is 16.7 Å². The van der Waals surface area contributed by atoms with Crippen molar-refractivity contribution in [2.45, 2.75) is 31.7 Å². The molecule has 1 saturated carbocycles.